The summed E-state index contributed by atoms with van der Waals surface area (Å²) < 4.78 is 5.30. The third kappa shape index (κ3) is 5.61. The van der Waals surface area contributed by atoms with Gasteiger partial charge in [-0.05, 0) is 71.9 Å². The van der Waals surface area contributed by atoms with Crippen molar-refractivity contribution in [2.75, 3.05) is 18.1 Å². The summed E-state index contributed by atoms with van der Waals surface area (Å²) in [6.45, 7) is 0.428. The van der Waals surface area contributed by atoms with Gasteiger partial charge in [0, 0.05) is 17.5 Å². The van der Waals surface area contributed by atoms with E-state index < -0.39 is 0 Å². The van der Waals surface area contributed by atoms with Gasteiger partial charge >= 0.3 is 5.97 Å². The number of fused-ring (bicyclic) bond motifs is 1. The van der Waals surface area contributed by atoms with Crippen molar-refractivity contribution in [2.45, 2.75) is 25.7 Å². The number of carbonyl (C=O) groups is 1. The van der Waals surface area contributed by atoms with Gasteiger partial charge in [0.05, 0.1) is 6.61 Å². The lowest BCUT2D eigenvalue weighted by Crippen LogP contribution is -2.02. The molecule has 4 N–H and O–H groups in total. The molecule has 0 aromatic heterocycles. The van der Waals surface area contributed by atoms with Crippen molar-refractivity contribution in [3.63, 3.8) is 0 Å². The van der Waals surface area contributed by atoms with Crippen molar-refractivity contribution in [1.29, 1.82) is 0 Å². The molecule has 0 radical (unpaired) electrons. The van der Waals surface area contributed by atoms with E-state index in [1.165, 1.54) is 6.08 Å². The Hall–Kier alpha value is -3.27. The van der Waals surface area contributed by atoms with Crippen molar-refractivity contribution >= 4 is 34.2 Å². The molecule has 3 aromatic rings. The number of hydrogen-bond acceptors (Lipinski definition) is 4. The Bertz CT molecular complexity index is 954. The van der Waals surface area contributed by atoms with Crippen LogP contribution in [0.15, 0.2) is 66.7 Å². The van der Waals surface area contributed by atoms with Crippen LogP contribution in [0.2, 0.25) is 0 Å². The fraction of sp³-hybridized carbons (Fsp3) is 0.208. The van der Waals surface area contributed by atoms with E-state index in [0.29, 0.717) is 18.0 Å². The summed E-state index contributed by atoms with van der Waals surface area (Å²) in [5.74, 6) is -0.309. The number of unbranched alkanes of at least 4 members (excludes halogenated alkanes) is 2. The molecule has 0 saturated carbocycles. The average Bonchev–Trinajstić information content (AvgIpc) is 2.68. The Labute approximate surface area is 165 Å². The van der Waals surface area contributed by atoms with Gasteiger partial charge < -0.3 is 16.2 Å². The molecule has 0 aliphatic heterocycles. The number of aryl methyl sites for hydroxylation is 1. The number of nitrogens with two attached hydrogens (primary N) is 2. The van der Waals surface area contributed by atoms with E-state index in [1.807, 2.05) is 48.5 Å². The highest BCUT2D eigenvalue weighted by molar-refractivity contribution is 5.94. The first-order valence-electron chi connectivity index (χ1n) is 9.59. The highest BCUT2D eigenvalue weighted by Gasteiger charge is 2.01. The zero-order valence-corrected chi connectivity index (χ0v) is 15.9. The summed E-state index contributed by atoms with van der Waals surface area (Å²) in [5.41, 5.74) is 15.2. The first-order chi connectivity index (χ1) is 13.6. The summed E-state index contributed by atoms with van der Waals surface area (Å²) in [5, 5.41) is 2.27. The van der Waals surface area contributed by atoms with Crippen LogP contribution in [0.1, 0.15) is 30.4 Å². The smallest absolute Gasteiger partial charge is 0.330 e. The number of rotatable bonds is 8. The van der Waals surface area contributed by atoms with Crippen LogP contribution in [0.4, 0.5) is 11.4 Å². The number of benzene rings is 3. The second-order valence-electron chi connectivity index (χ2n) is 6.89. The van der Waals surface area contributed by atoms with Crippen LogP contribution in [-0.4, -0.2) is 12.6 Å². The Morgan fingerprint density at radius 3 is 2.46 bits per heavy atom. The van der Waals surface area contributed by atoms with Crippen LogP contribution < -0.4 is 11.5 Å². The van der Waals surface area contributed by atoms with Crippen LogP contribution in [-0.2, 0) is 16.0 Å². The number of esters is 1. The topological polar surface area (TPSA) is 78.3 Å². The number of ether oxygens (including phenoxy) is 1. The summed E-state index contributed by atoms with van der Waals surface area (Å²) in [6.07, 6.45) is 7.06. The molecule has 0 aliphatic rings. The zero-order chi connectivity index (χ0) is 19.8. The van der Waals surface area contributed by atoms with Gasteiger partial charge in [-0.2, -0.15) is 0 Å². The minimum Gasteiger partial charge on any atom is -0.463 e. The quantitative estimate of drug-likeness (QED) is 0.252. The van der Waals surface area contributed by atoms with Crippen LogP contribution in [0, 0.1) is 0 Å². The van der Waals surface area contributed by atoms with Crippen LogP contribution in [0.25, 0.3) is 16.8 Å². The fourth-order valence-electron chi connectivity index (χ4n) is 3.27. The molecule has 0 unspecified atom stereocenters. The highest BCUT2D eigenvalue weighted by atomic mass is 16.5. The van der Waals surface area contributed by atoms with E-state index in [4.69, 9.17) is 16.2 Å². The molecule has 0 fully saturated rings. The molecule has 144 valence electrons. The fourth-order valence-corrected chi connectivity index (χ4v) is 3.27. The largest absolute Gasteiger partial charge is 0.463 e. The number of anilines is 2. The molecule has 3 aromatic carbocycles. The van der Waals surface area contributed by atoms with Gasteiger partial charge in [0.1, 0.15) is 0 Å². The van der Waals surface area contributed by atoms with Gasteiger partial charge in [-0.15, -0.1) is 0 Å². The monoisotopic (exact) mass is 374 g/mol. The van der Waals surface area contributed by atoms with Gasteiger partial charge in [-0.3, -0.25) is 0 Å². The van der Waals surface area contributed by atoms with Gasteiger partial charge in [-0.25, -0.2) is 4.79 Å². The number of carbonyl (C=O) groups excluding carboxylic acids is 1. The summed E-state index contributed by atoms with van der Waals surface area (Å²) in [7, 11) is 0. The minimum absolute atomic E-state index is 0.309. The maximum Gasteiger partial charge on any atom is 0.330 e. The van der Waals surface area contributed by atoms with Crippen molar-refractivity contribution in [3.8, 4) is 0 Å². The lowest BCUT2D eigenvalue weighted by atomic mass is 10.0. The first-order valence-corrected chi connectivity index (χ1v) is 9.59. The SMILES string of the molecule is Nc1cc(N)cc(CCCCCOC(=O)/C=C/c2cccc3ccccc23)c1. The second kappa shape index (κ2) is 9.60. The van der Waals surface area contributed by atoms with Crippen molar-refractivity contribution in [3.05, 3.63) is 77.9 Å². The maximum absolute atomic E-state index is 11.9. The zero-order valence-electron chi connectivity index (χ0n) is 15.9. The third-order valence-electron chi connectivity index (χ3n) is 4.61. The minimum atomic E-state index is -0.309. The van der Waals surface area contributed by atoms with Crippen molar-refractivity contribution in [2.24, 2.45) is 0 Å². The molecule has 0 heterocycles. The Morgan fingerprint density at radius 2 is 1.64 bits per heavy atom. The molecule has 4 heteroatoms. The summed E-state index contributed by atoms with van der Waals surface area (Å²) in [6, 6.07) is 19.8. The lowest BCUT2D eigenvalue weighted by Gasteiger charge is -2.05. The molecular formula is C24H26N2O2. The van der Waals surface area contributed by atoms with E-state index >= 15 is 0 Å². The molecule has 0 aliphatic carbocycles. The van der Waals surface area contributed by atoms with E-state index in [9.17, 15) is 4.79 Å². The molecule has 3 rings (SSSR count). The van der Waals surface area contributed by atoms with E-state index in [2.05, 4.69) is 12.1 Å². The van der Waals surface area contributed by atoms with Gasteiger partial charge in [-0.1, -0.05) is 42.5 Å². The van der Waals surface area contributed by atoms with Crippen LogP contribution in [0.5, 0.6) is 0 Å². The average molecular weight is 374 g/mol. The van der Waals surface area contributed by atoms with Crippen LogP contribution >= 0.6 is 0 Å². The molecule has 0 bridgehead atoms. The molecule has 0 amide bonds. The molecule has 0 saturated heterocycles. The number of hydrogen-bond donors (Lipinski definition) is 2. The van der Waals surface area contributed by atoms with Gasteiger partial charge in [0.25, 0.3) is 0 Å². The van der Waals surface area contributed by atoms with E-state index in [-0.39, 0.29) is 5.97 Å². The maximum atomic E-state index is 11.9. The standard InChI is InChI=1S/C24H26N2O2/c25-21-15-18(16-22(26)17-21)7-2-1-5-14-28-24(27)13-12-20-10-6-9-19-8-3-4-11-23(19)20/h3-4,6,8-13,15-17H,1-2,5,7,14,25-26H2/b13-12+. The molecule has 0 spiro atoms. The van der Waals surface area contributed by atoms with E-state index in [0.717, 1.165) is 47.6 Å². The van der Waals surface area contributed by atoms with Crippen LogP contribution in [0.3, 0.4) is 0 Å². The molecular weight excluding hydrogens is 348 g/mol. The predicted molar refractivity (Wildman–Crippen MR) is 117 cm³/mol. The number of nitrogen functional groups attached to an aromatic ring is 2. The third-order valence-corrected chi connectivity index (χ3v) is 4.61. The van der Waals surface area contributed by atoms with E-state index in [1.54, 1.807) is 6.07 Å². The Morgan fingerprint density at radius 1 is 0.893 bits per heavy atom. The van der Waals surface area contributed by atoms with Crippen molar-refractivity contribution < 1.29 is 9.53 Å². The Kier molecular flexibility index (Phi) is 6.68. The Balaban J connectivity index is 1.39. The predicted octanol–water partition coefficient (Wildman–Crippen LogP) is 4.97. The summed E-state index contributed by atoms with van der Waals surface area (Å²) >= 11 is 0. The molecule has 4 nitrogen and oxygen atoms in total. The highest BCUT2D eigenvalue weighted by Crippen LogP contribution is 2.19. The van der Waals surface area contributed by atoms with Gasteiger partial charge in [0.2, 0.25) is 0 Å². The molecule has 0 atom stereocenters. The first kappa shape index (κ1) is 19.5. The van der Waals surface area contributed by atoms with Gasteiger partial charge in [0.15, 0.2) is 0 Å². The summed E-state index contributed by atoms with van der Waals surface area (Å²) in [4.78, 5) is 11.9. The molecule has 28 heavy (non-hydrogen) atoms. The second-order valence-corrected chi connectivity index (χ2v) is 6.89. The lowest BCUT2D eigenvalue weighted by molar-refractivity contribution is -0.137. The normalized spacial score (nSPS) is 11.1. The van der Waals surface area contributed by atoms with Crippen molar-refractivity contribution in [1.82, 2.24) is 0 Å².